The molecule has 2 rings (SSSR count). The molecule has 0 amide bonds. The molecule has 0 saturated carbocycles. The lowest BCUT2D eigenvalue weighted by atomic mass is 10.0. The first-order chi connectivity index (χ1) is 9.34. The maximum atomic E-state index is 12.4. The van der Waals surface area contributed by atoms with Crippen molar-refractivity contribution in [3.8, 4) is 0 Å². The van der Waals surface area contributed by atoms with Crippen molar-refractivity contribution < 1.29 is 13.2 Å². The smallest absolute Gasteiger partial charge is 0.327 e. The molecule has 2 aromatic rings. The summed E-state index contributed by atoms with van der Waals surface area (Å²) in [5.74, 6) is 0. The highest BCUT2D eigenvalue weighted by Crippen LogP contribution is 2.29. The number of nitrogens with zero attached hydrogens (tertiary/aromatic N) is 2. The molecule has 0 fully saturated rings. The molecule has 0 aliphatic rings. The van der Waals surface area contributed by atoms with E-state index in [1.807, 2.05) is 13.2 Å². The molecule has 0 radical (unpaired) electrons. The number of aryl methyl sites for hydroxylation is 1. The second kappa shape index (κ2) is 5.66. The predicted molar refractivity (Wildman–Crippen MR) is 70.0 cm³/mol. The molecular formula is C14H16F3N3. The molecule has 20 heavy (non-hydrogen) atoms. The summed E-state index contributed by atoms with van der Waals surface area (Å²) >= 11 is 0. The largest absolute Gasteiger partial charge is 0.416 e. The molecule has 1 heterocycles. The molecule has 0 saturated heterocycles. The number of aromatic nitrogens is 2. The molecule has 1 atom stereocenters. The highest BCUT2D eigenvalue weighted by molar-refractivity contribution is 5.25. The summed E-state index contributed by atoms with van der Waals surface area (Å²) in [6, 6.07) is 4.99. The van der Waals surface area contributed by atoms with E-state index in [1.54, 1.807) is 10.9 Å². The second-order valence-corrected chi connectivity index (χ2v) is 4.89. The average molecular weight is 283 g/mol. The van der Waals surface area contributed by atoms with Crippen molar-refractivity contribution >= 4 is 0 Å². The summed E-state index contributed by atoms with van der Waals surface area (Å²) in [7, 11) is 1.82. The second-order valence-electron chi connectivity index (χ2n) is 4.89. The zero-order valence-electron chi connectivity index (χ0n) is 11.1. The van der Waals surface area contributed by atoms with Crippen LogP contribution in [0.5, 0.6) is 0 Å². The maximum Gasteiger partial charge on any atom is 0.416 e. The van der Waals surface area contributed by atoms with Crippen molar-refractivity contribution in [2.75, 3.05) is 0 Å². The Bertz CT molecular complexity index is 558. The zero-order valence-corrected chi connectivity index (χ0v) is 11.1. The van der Waals surface area contributed by atoms with E-state index in [0.29, 0.717) is 12.8 Å². The van der Waals surface area contributed by atoms with E-state index in [9.17, 15) is 13.2 Å². The van der Waals surface area contributed by atoms with Gasteiger partial charge in [-0.1, -0.05) is 12.1 Å². The fourth-order valence-corrected chi connectivity index (χ4v) is 2.08. The summed E-state index contributed by atoms with van der Waals surface area (Å²) in [5.41, 5.74) is 7.20. The van der Waals surface area contributed by atoms with Crippen molar-refractivity contribution in [3.05, 3.63) is 53.3 Å². The van der Waals surface area contributed by atoms with Gasteiger partial charge in [-0.2, -0.15) is 18.3 Å². The Kier molecular flexibility index (Phi) is 4.13. The standard InChI is InChI=1S/C14H16F3N3/c1-20-9-11(8-19-20)7-13(18)6-10-2-4-12(5-3-10)14(15,16)17/h2-5,8-9,13H,6-7,18H2,1H3. The summed E-state index contributed by atoms with van der Waals surface area (Å²) in [6.45, 7) is 0. The van der Waals surface area contributed by atoms with Crippen LogP contribution in [-0.2, 0) is 26.1 Å². The van der Waals surface area contributed by atoms with Gasteiger partial charge in [0.25, 0.3) is 0 Å². The molecule has 0 aliphatic heterocycles. The Morgan fingerprint density at radius 1 is 1.15 bits per heavy atom. The summed E-state index contributed by atoms with van der Waals surface area (Å²) in [6.07, 6.45) is 0.511. The van der Waals surface area contributed by atoms with Crippen LogP contribution in [0.3, 0.4) is 0 Å². The molecule has 1 aromatic carbocycles. The van der Waals surface area contributed by atoms with Crippen LogP contribution < -0.4 is 5.73 Å². The van der Waals surface area contributed by atoms with Crippen LogP contribution in [0, 0.1) is 0 Å². The first-order valence-corrected chi connectivity index (χ1v) is 6.24. The molecule has 108 valence electrons. The summed E-state index contributed by atoms with van der Waals surface area (Å²) < 4.78 is 39.0. The molecule has 2 N–H and O–H groups in total. The van der Waals surface area contributed by atoms with Gasteiger partial charge in [-0.05, 0) is 36.1 Å². The zero-order chi connectivity index (χ0) is 14.8. The van der Waals surface area contributed by atoms with Gasteiger partial charge in [0.2, 0.25) is 0 Å². The van der Waals surface area contributed by atoms with E-state index in [1.165, 1.54) is 12.1 Å². The minimum absolute atomic E-state index is 0.143. The summed E-state index contributed by atoms with van der Waals surface area (Å²) in [4.78, 5) is 0. The summed E-state index contributed by atoms with van der Waals surface area (Å²) in [5, 5.41) is 4.05. The number of halogens is 3. The Balaban J connectivity index is 1.96. The molecule has 1 aromatic heterocycles. The van der Waals surface area contributed by atoms with E-state index in [2.05, 4.69) is 5.10 Å². The Morgan fingerprint density at radius 3 is 2.25 bits per heavy atom. The third kappa shape index (κ3) is 3.84. The van der Waals surface area contributed by atoms with Gasteiger partial charge < -0.3 is 5.73 Å². The Morgan fingerprint density at radius 2 is 1.75 bits per heavy atom. The van der Waals surface area contributed by atoms with Crippen LogP contribution >= 0.6 is 0 Å². The minimum atomic E-state index is -4.30. The van der Waals surface area contributed by atoms with E-state index in [-0.39, 0.29) is 6.04 Å². The highest BCUT2D eigenvalue weighted by Gasteiger charge is 2.29. The van der Waals surface area contributed by atoms with Gasteiger partial charge in [0.15, 0.2) is 0 Å². The van der Waals surface area contributed by atoms with Gasteiger partial charge in [0.1, 0.15) is 0 Å². The molecule has 1 unspecified atom stereocenters. The fraction of sp³-hybridized carbons (Fsp3) is 0.357. The van der Waals surface area contributed by atoms with Gasteiger partial charge in [0.05, 0.1) is 11.8 Å². The Hall–Kier alpha value is -1.82. The maximum absolute atomic E-state index is 12.4. The molecule has 6 heteroatoms. The lowest BCUT2D eigenvalue weighted by Crippen LogP contribution is -2.25. The van der Waals surface area contributed by atoms with Crippen molar-refractivity contribution in [2.45, 2.75) is 25.1 Å². The van der Waals surface area contributed by atoms with Crippen molar-refractivity contribution in [1.29, 1.82) is 0 Å². The molecular weight excluding hydrogens is 267 g/mol. The Labute approximate surface area is 115 Å². The first kappa shape index (κ1) is 14.6. The number of nitrogens with two attached hydrogens (primary N) is 1. The minimum Gasteiger partial charge on any atom is -0.327 e. The van der Waals surface area contributed by atoms with Gasteiger partial charge in [-0.3, -0.25) is 4.68 Å². The third-order valence-electron chi connectivity index (χ3n) is 3.04. The van der Waals surface area contributed by atoms with Crippen LogP contribution in [0.1, 0.15) is 16.7 Å². The normalized spacial score (nSPS) is 13.4. The highest BCUT2D eigenvalue weighted by atomic mass is 19.4. The van der Waals surface area contributed by atoms with Gasteiger partial charge in [-0.25, -0.2) is 0 Å². The monoisotopic (exact) mass is 283 g/mol. The van der Waals surface area contributed by atoms with Crippen molar-refractivity contribution in [1.82, 2.24) is 9.78 Å². The molecule has 0 spiro atoms. The third-order valence-corrected chi connectivity index (χ3v) is 3.04. The lowest BCUT2D eigenvalue weighted by Gasteiger charge is -2.12. The van der Waals surface area contributed by atoms with Crippen LogP contribution in [0.15, 0.2) is 36.7 Å². The van der Waals surface area contributed by atoms with E-state index in [4.69, 9.17) is 5.73 Å². The number of hydrogen-bond acceptors (Lipinski definition) is 2. The van der Waals surface area contributed by atoms with Gasteiger partial charge >= 0.3 is 6.18 Å². The number of rotatable bonds is 4. The van der Waals surface area contributed by atoms with Crippen LogP contribution in [0.4, 0.5) is 13.2 Å². The number of hydrogen-bond donors (Lipinski definition) is 1. The molecule has 0 bridgehead atoms. The van der Waals surface area contributed by atoms with Gasteiger partial charge in [0, 0.05) is 19.3 Å². The SMILES string of the molecule is Cn1cc(CC(N)Cc2ccc(C(F)(F)F)cc2)cn1. The number of benzene rings is 1. The lowest BCUT2D eigenvalue weighted by molar-refractivity contribution is -0.137. The van der Waals surface area contributed by atoms with Crippen molar-refractivity contribution in [3.63, 3.8) is 0 Å². The van der Waals surface area contributed by atoms with Crippen LogP contribution in [0.25, 0.3) is 0 Å². The molecule has 3 nitrogen and oxygen atoms in total. The topological polar surface area (TPSA) is 43.8 Å². The molecule has 0 aliphatic carbocycles. The average Bonchev–Trinajstić information content (AvgIpc) is 2.74. The van der Waals surface area contributed by atoms with E-state index < -0.39 is 11.7 Å². The van der Waals surface area contributed by atoms with Crippen LogP contribution in [-0.4, -0.2) is 15.8 Å². The van der Waals surface area contributed by atoms with E-state index >= 15 is 0 Å². The predicted octanol–water partition coefficient (Wildman–Crippen LogP) is 2.55. The first-order valence-electron chi connectivity index (χ1n) is 6.24. The van der Waals surface area contributed by atoms with Crippen molar-refractivity contribution in [2.24, 2.45) is 12.8 Å². The van der Waals surface area contributed by atoms with Gasteiger partial charge in [-0.15, -0.1) is 0 Å². The van der Waals surface area contributed by atoms with Crippen LogP contribution in [0.2, 0.25) is 0 Å². The van der Waals surface area contributed by atoms with E-state index in [0.717, 1.165) is 23.3 Å². The quantitative estimate of drug-likeness (QED) is 0.937. The fourth-order valence-electron chi connectivity index (χ4n) is 2.08. The number of alkyl halides is 3.